The van der Waals surface area contributed by atoms with Crippen LogP contribution < -0.4 is 0 Å². The summed E-state index contributed by atoms with van der Waals surface area (Å²) in [5.74, 6) is 0. The molecular formula is C46H39N3. The maximum absolute atomic E-state index is 5.21. The molecule has 7 aromatic rings. The number of aryl methyl sites for hydroxylation is 1. The molecule has 0 bridgehead atoms. The highest BCUT2D eigenvalue weighted by atomic mass is 15.0. The highest BCUT2D eigenvalue weighted by molar-refractivity contribution is 6.13. The smallest absolute Gasteiger partial charge is 0.0730 e. The second-order valence-corrected chi connectivity index (χ2v) is 13.2. The van der Waals surface area contributed by atoms with Crippen molar-refractivity contribution in [3.05, 3.63) is 156 Å². The number of aromatic nitrogens is 3. The Balaban J connectivity index is 1.37. The third kappa shape index (κ3) is 5.00. The summed E-state index contributed by atoms with van der Waals surface area (Å²) in [5.41, 5.74) is 15.9. The second-order valence-electron chi connectivity index (χ2n) is 13.2. The number of fused-ring (bicyclic) bond motifs is 7. The molecule has 3 heterocycles. The summed E-state index contributed by atoms with van der Waals surface area (Å²) < 4.78 is 5.11. The molecule has 3 nitrogen and oxygen atoms in total. The van der Waals surface area contributed by atoms with Crippen LogP contribution in [0.25, 0.3) is 73.9 Å². The number of hydrogen-bond donors (Lipinski definition) is 0. The largest absolute Gasteiger partial charge is 0.312 e. The molecule has 3 heteroatoms. The van der Waals surface area contributed by atoms with E-state index in [4.69, 9.17) is 4.98 Å². The third-order valence-corrected chi connectivity index (χ3v) is 10.2. The third-order valence-electron chi connectivity index (χ3n) is 10.2. The number of hydrogen-bond acceptors (Lipinski definition) is 1. The summed E-state index contributed by atoms with van der Waals surface area (Å²) in [4.78, 5) is 5.21. The van der Waals surface area contributed by atoms with Crippen molar-refractivity contribution in [2.45, 2.75) is 45.4 Å². The molecule has 0 saturated heterocycles. The van der Waals surface area contributed by atoms with Gasteiger partial charge in [0.25, 0.3) is 0 Å². The van der Waals surface area contributed by atoms with E-state index in [0.717, 1.165) is 66.7 Å². The van der Waals surface area contributed by atoms with Gasteiger partial charge in [0.05, 0.1) is 33.8 Å². The molecule has 3 aromatic heterocycles. The normalized spacial score (nSPS) is 13.8. The minimum absolute atomic E-state index is 0.977. The fraction of sp³-hybridized carbons (Fsp3) is 0.152. The van der Waals surface area contributed by atoms with Crippen LogP contribution in [0.4, 0.5) is 0 Å². The Kier molecular flexibility index (Phi) is 7.46. The number of allylic oxidation sites excluding steroid dienone is 3. The minimum Gasteiger partial charge on any atom is -0.312 e. The Morgan fingerprint density at radius 1 is 0.714 bits per heavy atom. The van der Waals surface area contributed by atoms with E-state index in [-0.39, 0.29) is 0 Å². The first-order valence-electron chi connectivity index (χ1n) is 17.8. The van der Waals surface area contributed by atoms with E-state index in [1.807, 2.05) is 0 Å². The van der Waals surface area contributed by atoms with E-state index in [9.17, 15) is 0 Å². The first-order valence-corrected chi connectivity index (χ1v) is 17.8. The molecule has 0 atom stereocenters. The van der Waals surface area contributed by atoms with Crippen LogP contribution in [0.3, 0.4) is 0 Å². The van der Waals surface area contributed by atoms with Gasteiger partial charge in [-0.1, -0.05) is 129 Å². The predicted octanol–water partition coefficient (Wildman–Crippen LogP) is 12.0. The maximum Gasteiger partial charge on any atom is 0.0730 e. The summed E-state index contributed by atoms with van der Waals surface area (Å²) in [6.07, 6.45) is 20.4. The van der Waals surface area contributed by atoms with Gasteiger partial charge >= 0.3 is 0 Å². The molecule has 0 radical (unpaired) electrons. The molecule has 0 fully saturated rings. The van der Waals surface area contributed by atoms with Gasteiger partial charge in [-0.2, -0.15) is 0 Å². The molecule has 2 aliphatic carbocycles. The highest BCUT2D eigenvalue weighted by Crippen LogP contribution is 2.44. The summed E-state index contributed by atoms with van der Waals surface area (Å²) >= 11 is 0. The lowest BCUT2D eigenvalue weighted by atomic mass is 9.98. The predicted molar refractivity (Wildman–Crippen MR) is 207 cm³/mol. The second kappa shape index (κ2) is 12.4. The molecule has 2 aliphatic rings. The summed E-state index contributed by atoms with van der Waals surface area (Å²) in [7, 11) is 0. The van der Waals surface area contributed by atoms with Gasteiger partial charge in [-0.05, 0) is 73.6 Å². The molecule has 0 aliphatic heterocycles. The van der Waals surface area contributed by atoms with Crippen LogP contribution in [0.1, 0.15) is 60.7 Å². The SMILES string of the molecule is CCC/C=C\c1ccccc1-n1c2c(c3ccc4c(c5c(n4-c4cc(-c6ccccc6)nc(-c6ccccc6)c4)C=CCC5)c31)C=CCC2. The van der Waals surface area contributed by atoms with Crippen molar-refractivity contribution >= 4 is 40.0 Å². The topological polar surface area (TPSA) is 22.8 Å². The highest BCUT2D eigenvalue weighted by Gasteiger charge is 2.27. The number of benzene rings is 4. The van der Waals surface area contributed by atoms with E-state index in [1.165, 1.54) is 55.6 Å². The van der Waals surface area contributed by atoms with E-state index in [2.05, 4.69) is 162 Å². The summed E-state index contributed by atoms with van der Waals surface area (Å²) in [6, 6.07) is 39.4. The molecule has 0 N–H and O–H groups in total. The van der Waals surface area contributed by atoms with Crippen molar-refractivity contribution in [1.29, 1.82) is 0 Å². The van der Waals surface area contributed by atoms with Crippen molar-refractivity contribution in [3.8, 4) is 33.9 Å². The van der Waals surface area contributed by atoms with Crippen LogP contribution in [0, 0.1) is 0 Å². The first kappa shape index (κ1) is 29.5. The Hall–Kier alpha value is -5.67. The number of para-hydroxylation sites is 1. The van der Waals surface area contributed by atoms with Crippen LogP contribution >= 0.6 is 0 Å². The molecule has 0 spiro atoms. The lowest BCUT2D eigenvalue weighted by Gasteiger charge is -2.16. The molecule has 9 rings (SSSR count). The summed E-state index contributed by atoms with van der Waals surface area (Å²) in [5, 5.41) is 2.70. The Morgan fingerprint density at radius 2 is 1.41 bits per heavy atom. The number of pyridine rings is 1. The van der Waals surface area contributed by atoms with Gasteiger partial charge in [0.15, 0.2) is 0 Å². The van der Waals surface area contributed by atoms with E-state index in [1.54, 1.807) is 0 Å². The van der Waals surface area contributed by atoms with Crippen LogP contribution in [-0.2, 0) is 12.8 Å². The Labute approximate surface area is 288 Å². The van der Waals surface area contributed by atoms with Gasteiger partial charge in [0.1, 0.15) is 0 Å². The molecule has 49 heavy (non-hydrogen) atoms. The van der Waals surface area contributed by atoms with E-state index < -0.39 is 0 Å². The van der Waals surface area contributed by atoms with Gasteiger partial charge in [-0.3, -0.25) is 0 Å². The molecule has 0 unspecified atom stereocenters. The fourth-order valence-corrected chi connectivity index (χ4v) is 7.93. The van der Waals surface area contributed by atoms with E-state index in [0.29, 0.717) is 0 Å². The van der Waals surface area contributed by atoms with Crippen LogP contribution in [0.15, 0.2) is 127 Å². The van der Waals surface area contributed by atoms with Crippen molar-refractivity contribution < 1.29 is 0 Å². The standard InChI is InChI=1S/C46H39N3/c1-2-3-6-21-34-22-11-14-25-41(34)49-42-26-15-12-23-36(42)37-28-29-44-45(46(37)49)38-24-13-16-27-43(38)48(44)35-30-39(32-17-7-4-8-18-32)47-40(31-35)33-19-9-5-10-20-33/h4-12,14,16-23,25,27-31H,2-3,13,15,24,26H2,1H3/b21-6-. The minimum atomic E-state index is 0.977. The van der Waals surface area contributed by atoms with Gasteiger partial charge in [-0.15, -0.1) is 0 Å². The molecule has 0 amide bonds. The molecule has 238 valence electrons. The number of rotatable bonds is 7. The van der Waals surface area contributed by atoms with Crippen molar-refractivity contribution in [2.75, 3.05) is 0 Å². The molecule has 0 saturated carbocycles. The Bertz CT molecular complexity index is 2380. The molecule has 4 aromatic carbocycles. The van der Waals surface area contributed by atoms with Gasteiger partial charge in [0, 0.05) is 38.9 Å². The van der Waals surface area contributed by atoms with Gasteiger partial charge in [-0.25, -0.2) is 4.98 Å². The zero-order valence-corrected chi connectivity index (χ0v) is 27.9. The van der Waals surface area contributed by atoms with Gasteiger partial charge in [0.2, 0.25) is 0 Å². The zero-order chi connectivity index (χ0) is 32.7. The van der Waals surface area contributed by atoms with Crippen LogP contribution in [-0.4, -0.2) is 14.1 Å². The van der Waals surface area contributed by atoms with Crippen LogP contribution in [0.2, 0.25) is 0 Å². The maximum atomic E-state index is 5.21. The zero-order valence-electron chi connectivity index (χ0n) is 27.9. The van der Waals surface area contributed by atoms with Crippen molar-refractivity contribution in [3.63, 3.8) is 0 Å². The average molecular weight is 634 g/mol. The number of unbranched alkanes of at least 4 members (excludes halogenated alkanes) is 1. The quantitative estimate of drug-likeness (QED) is 0.171. The Morgan fingerprint density at radius 3 is 2.16 bits per heavy atom. The van der Waals surface area contributed by atoms with Crippen molar-refractivity contribution in [2.24, 2.45) is 0 Å². The monoisotopic (exact) mass is 633 g/mol. The van der Waals surface area contributed by atoms with Gasteiger partial charge < -0.3 is 9.13 Å². The first-order chi connectivity index (χ1) is 24.3. The lowest BCUT2D eigenvalue weighted by Crippen LogP contribution is -2.05. The molecular weight excluding hydrogens is 595 g/mol. The van der Waals surface area contributed by atoms with E-state index >= 15 is 0 Å². The fourth-order valence-electron chi connectivity index (χ4n) is 7.93. The van der Waals surface area contributed by atoms with Crippen LogP contribution in [0.5, 0.6) is 0 Å². The average Bonchev–Trinajstić information content (AvgIpc) is 3.69. The number of nitrogens with zero attached hydrogens (tertiary/aromatic N) is 3. The van der Waals surface area contributed by atoms with Crippen molar-refractivity contribution in [1.82, 2.24) is 14.1 Å². The lowest BCUT2D eigenvalue weighted by molar-refractivity contribution is 0.888. The summed E-state index contributed by atoms with van der Waals surface area (Å²) in [6.45, 7) is 2.24.